The summed E-state index contributed by atoms with van der Waals surface area (Å²) in [4.78, 5) is 4.53. The van der Waals surface area contributed by atoms with E-state index in [1.165, 1.54) is 16.5 Å². The van der Waals surface area contributed by atoms with Crippen LogP contribution < -0.4 is 5.90 Å². The molecule has 0 saturated heterocycles. The van der Waals surface area contributed by atoms with Crippen molar-refractivity contribution in [3.05, 3.63) is 35.6 Å². The Morgan fingerprint density at radius 1 is 1.43 bits per heavy atom. The van der Waals surface area contributed by atoms with Gasteiger partial charge in [-0.15, -0.1) is 0 Å². The molecule has 0 aliphatic rings. The summed E-state index contributed by atoms with van der Waals surface area (Å²) in [5.74, 6) is 4.97. The fourth-order valence-electron chi connectivity index (χ4n) is 1.54. The number of benzene rings is 1. The van der Waals surface area contributed by atoms with Gasteiger partial charge in [0.05, 0.1) is 12.9 Å². The summed E-state index contributed by atoms with van der Waals surface area (Å²) in [5.41, 5.74) is 3.27. The van der Waals surface area contributed by atoms with Crippen molar-refractivity contribution in [1.29, 1.82) is 0 Å². The molecule has 0 aliphatic heterocycles. The van der Waals surface area contributed by atoms with Gasteiger partial charge in [0.25, 0.3) is 0 Å². The number of rotatable bonds is 3. The highest BCUT2D eigenvalue weighted by atomic mass is 16.6. The van der Waals surface area contributed by atoms with Gasteiger partial charge < -0.3 is 9.25 Å². The molecule has 0 unspecified atom stereocenters. The van der Waals surface area contributed by atoms with Crippen molar-refractivity contribution in [2.45, 2.75) is 13.3 Å². The van der Waals surface area contributed by atoms with E-state index in [-0.39, 0.29) is 0 Å². The minimum Gasteiger partial charge on any atom is -0.464 e. The highest BCUT2D eigenvalue weighted by Gasteiger charge is 2.02. The number of hydrogen-bond donors (Lipinski definition) is 1. The molecular weight excluding hydrogens is 178 g/mol. The zero-order valence-electron chi connectivity index (χ0n) is 8.12. The van der Waals surface area contributed by atoms with Gasteiger partial charge >= 0.3 is 0 Å². The van der Waals surface area contributed by atoms with Crippen LogP contribution in [-0.2, 0) is 11.3 Å². The van der Waals surface area contributed by atoms with Crippen molar-refractivity contribution in [2.24, 2.45) is 5.90 Å². The van der Waals surface area contributed by atoms with Gasteiger partial charge in [0.15, 0.2) is 0 Å². The molecule has 3 nitrogen and oxygen atoms in total. The number of fused-ring (bicyclic) bond motifs is 1. The molecule has 0 bridgehead atoms. The van der Waals surface area contributed by atoms with Crippen molar-refractivity contribution in [3.63, 3.8) is 0 Å². The highest BCUT2D eigenvalue weighted by molar-refractivity contribution is 5.81. The third kappa shape index (κ3) is 1.64. The van der Waals surface area contributed by atoms with Crippen LogP contribution in [0.3, 0.4) is 0 Å². The van der Waals surface area contributed by atoms with Gasteiger partial charge in [-0.3, -0.25) is 0 Å². The van der Waals surface area contributed by atoms with Crippen molar-refractivity contribution in [1.82, 2.24) is 0 Å². The van der Waals surface area contributed by atoms with Gasteiger partial charge in [0.1, 0.15) is 5.58 Å². The Kier molecular flexibility index (Phi) is 2.52. The summed E-state index contributed by atoms with van der Waals surface area (Å²) >= 11 is 0. The van der Waals surface area contributed by atoms with E-state index >= 15 is 0 Å². The highest BCUT2D eigenvalue weighted by Crippen LogP contribution is 2.21. The first-order chi connectivity index (χ1) is 6.81. The Labute approximate surface area is 82.4 Å². The van der Waals surface area contributed by atoms with E-state index < -0.39 is 0 Å². The summed E-state index contributed by atoms with van der Waals surface area (Å²) < 4.78 is 5.40. The molecule has 0 fully saturated rings. The summed E-state index contributed by atoms with van der Waals surface area (Å²) in [6, 6.07) is 6.17. The molecule has 74 valence electrons. The largest absolute Gasteiger partial charge is 0.464 e. The number of furan rings is 1. The van der Waals surface area contributed by atoms with Crippen LogP contribution in [0.25, 0.3) is 11.0 Å². The van der Waals surface area contributed by atoms with E-state index in [0.717, 1.165) is 12.0 Å². The van der Waals surface area contributed by atoms with E-state index in [4.69, 9.17) is 10.3 Å². The van der Waals surface area contributed by atoms with Gasteiger partial charge in [-0.25, -0.2) is 5.90 Å². The zero-order valence-corrected chi connectivity index (χ0v) is 8.12. The monoisotopic (exact) mass is 191 g/mol. The van der Waals surface area contributed by atoms with Gasteiger partial charge in [0, 0.05) is 5.39 Å². The van der Waals surface area contributed by atoms with Gasteiger partial charge in [-0.2, -0.15) is 0 Å². The molecule has 1 aromatic heterocycles. The van der Waals surface area contributed by atoms with E-state index in [1.54, 1.807) is 6.26 Å². The Balaban J connectivity index is 2.32. The summed E-state index contributed by atoms with van der Waals surface area (Å²) in [6.45, 7) is 2.57. The molecule has 0 amide bonds. The normalized spacial score (nSPS) is 11.0. The molecule has 0 atom stereocenters. The van der Waals surface area contributed by atoms with Crippen LogP contribution in [-0.4, -0.2) is 6.61 Å². The molecular formula is C11H13NO2. The Hall–Kier alpha value is -1.32. The van der Waals surface area contributed by atoms with Gasteiger partial charge in [-0.05, 0) is 30.5 Å². The van der Waals surface area contributed by atoms with Crippen molar-refractivity contribution in [2.75, 3.05) is 6.61 Å². The van der Waals surface area contributed by atoms with E-state index in [0.29, 0.717) is 6.61 Å². The lowest BCUT2D eigenvalue weighted by Gasteiger charge is -1.99. The fraction of sp³-hybridized carbons (Fsp3) is 0.273. The molecule has 1 heterocycles. The lowest BCUT2D eigenvalue weighted by atomic mass is 10.1. The van der Waals surface area contributed by atoms with Crippen molar-refractivity contribution >= 4 is 11.0 Å². The first kappa shape index (κ1) is 9.24. The van der Waals surface area contributed by atoms with Crippen LogP contribution in [0, 0.1) is 6.92 Å². The molecule has 0 radical (unpaired) electrons. The van der Waals surface area contributed by atoms with Crippen LogP contribution in [0.5, 0.6) is 0 Å². The van der Waals surface area contributed by atoms with E-state index in [9.17, 15) is 0 Å². The second-order valence-electron chi connectivity index (χ2n) is 3.37. The van der Waals surface area contributed by atoms with Gasteiger partial charge in [-0.1, -0.05) is 12.1 Å². The second kappa shape index (κ2) is 3.82. The topological polar surface area (TPSA) is 48.4 Å². The molecule has 2 N–H and O–H groups in total. The molecule has 0 saturated carbocycles. The number of aryl methyl sites for hydroxylation is 1. The predicted octanol–water partition coefficient (Wildman–Crippen LogP) is 2.17. The second-order valence-corrected chi connectivity index (χ2v) is 3.37. The Morgan fingerprint density at radius 2 is 2.29 bits per heavy atom. The first-order valence-corrected chi connectivity index (χ1v) is 4.59. The Bertz CT molecular complexity index is 434. The number of nitrogens with two attached hydrogens (primary N) is 1. The summed E-state index contributed by atoms with van der Waals surface area (Å²) in [7, 11) is 0. The minimum atomic E-state index is 0.533. The molecule has 14 heavy (non-hydrogen) atoms. The summed E-state index contributed by atoms with van der Waals surface area (Å²) in [5, 5.41) is 1.17. The quantitative estimate of drug-likeness (QED) is 0.756. The Morgan fingerprint density at radius 3 is 3.07 bits per heavy atom. The third-order valence-electron chi connectivity index (χ3n) is 2.34. The maximum absolute atomic E-state index is 5.40. The average Bonchev–Trinajstić information content (AvgIpc) is 2.57. The average molecular weight is 191 g/mol. The first-order valence-electron chi connectivity index (χ1n) is 4.59. The minimum absolute atomic E-state index is 0.533. The molecule has 0 aliphatic carbocycles. The van der Waals surface area contributed by atoms with Crippen molar-refractivity contribution in [3.8, 4) is 0 Å². The molecule has 2 aromatic rings. The third-order valence-corrected chi connectivity index (χ3v) is 2.34. The predicted molar refractivity (Wildman–Crippen MR) is 54.8 cm³/mol. The van der Waals surface area contributed by atoms with Gasteiger partial charge in [0.2, 0.25) is 0 Å². The van der Waals surface area contributed by atoms with Crippen LogP contribution >= 0.6 is 0 Å². The van der Waals surface area contributed by atoms with Crippen LogP contribution in [0.1, 0.15) is 11.1 Å². The van der Waals surface area contributed by atoms with Crippen molar-refractivity contribution < 1.29 is 9.25 Å². The number of hydrogen-bond acceptors (Lipinski definition) is 3. The van der Waals surface area contributed by atoms with Crippen LogP contribution in [0.15, 0.2) is 28.9 Å². The zero-order chi connectivity index (χ0) is 9.97. The SMILES string of the molecule is Cc1coc2cc(CCON)ccc12. The smallest absolute Gasteiger partial charge is 0.134 e. The lowest BCUT2D eigenvalue weighted by molar-refractivity contribution is 0.141. The lowest BCUT2D eigenvalue weighted by Crippen LogP contribution is -2.03. The molecule has 1 aromatic carbocycles. The maximum Gasteiger partial charge on any atom is 0.134 e. The van der Waals surface area contributed by atoms with Crippen LogP contribution in [0.2, 0.25) is 0 Å². The maximum atomic E-state index is 5.40. The van der Waals surface area contributed by atoms with E-state index in [2.05, 4.69) is 17.0 Å². The molecule has 3 heteroatoms. The fourth-order valence-corrected chi connectivity index (χ4v) is 1.54. The van der Waals surface area contributed by atoms with E-state index in [1.807, 2.05) is 13.0 Å². The standard InChI is InChI=1S/C11H13NO2/c1-8-7-13-11-6-9(4-5-14-12)2-3-10(8)11/h2-3,6-7H,4-5,12H2,1H3. The van der Waals surface area contributed by atoms with Crippen LogP contribution in [0.4, 0.5) is 0 Å². The summed E-state index contributed by atoms with van der Waals surface area (Å²) in [6.07, 6.45) is 2.58. The molecule has 0 spiro atoms. The molecule has 2 rings (SSSR count).